The molecular formula is C26H29N5O4. The first-order chi connectivity index (χ1) is 16.9. The molecule has 9 nitrogen and oxygen atoms in total. The number of nitrogens with one attached hydrogen (secondary N) is 2. The number of rotatable bonds is 4. The van der Waals surface area contributed by atoms with Crippen LogP contribution in [0.3, 0.4) is 0 Å². The Morgan fingerprint density at radius 2 is 1.83 bits per heavy atom. The van der Waals surface area contributed by atoms with Crippen molar-refractivity contribution in [2.45, 2.75) is 25.4 Å². The number of hydrogen-bond donors (Lipinski definition) is 2. The number of anilines is 1. The van der Waals surface area contributed by atoms with Crippen LogP contribution in [0.2, 0.25) is 0 Å². The molecule has 9 heteroatoms. The summed E-state index contributed by atoms with van der Waals surface area (Å²) in [5.41, 5.74) is 2.71. The van der Waals surface area contributed by atoms with E-state index in [4.69, 9.17) is 4.74 Å². The van der Waals surface area contributed by atoms with Crippen LogP contribution in [-0.4, -0.2) is 67.0 Å². The number of amides is 3. The molecule has 2 aromatic rings. The number of likely N-dealkylation sites (tertiary alicyclic amines) is 1. The Hall–Kier alpha value is -3.90. The topological polar surface area (TPSA) is 115 Å². The first kappa shape index (κ1) is 24.2. The van der Waals surface area contributed by atoms with Gasteiger partial charge in [-0.25, -0.2) is 4.79 Å². The Bertz CT molecular complexity index is 1140. The number of piperazine rings is 1. The van der Waals surface area contributed by atoms with Crippen molar-refractivity contribution in [3.8, 4) is 6.07 Å². The molecule has 2 aliphatic heterocycles. The van der Waals surface area contributed by atoms with Gasteiger partial charge in [0.2, 0.25) is 5.91 Å². The van der Waals surface area contributed by atoms with E-state index in [1.807, 2.05) is 25.1 Å². The molecule has 2 N–H and O–H groups in total. The molecule has 0 bridgehead atoms. The van der Waals surface area contributed by atoms with Gasteiger partial charge in [0, 0.05) is 31.9 Å². The van der Waals surface area contributed by atoms with Gasteiger partial charge in [-0.05, 0) is 48.7 Å². The molecular weight excluding hydrogens is 446 g/mol. The fourth-order valence-electron chi connectivity index (χ4n) is 4.89. The molecule has 0 spiro atoms. The molecule has 3 atom stereocenters. The van der Waals surface area contributed by atoms with Crippen molar-refractivity contribution < 1.29 is 19.1 Å². The number of benzene rings is 2. The summed E-state index contributed by atoms with van der Waals surface area (Å²) in [5.74, 6) is -1.40. The molecule has 182 valence electrons. The largest absolute Gasteiger partial charge is 0.469 e. The standard InChI is InChI=1S/C26H29N5O4/c1-17-4-3-5-20(14-17)29-26(34)31-22(24(32)30-12-10-28-11-13-30)15-21(25(33)35-2)23(31)19-8-6-18(16-27)7-9-19/h3-9,14,21-23,28H,10-13,15H2,1-2H3,(H,29,34). The predicted octanol–water partition coefficient (Wildman–Crippen LogP) is 2.44. The second-order valence-electron chi connectivity index (χ2n) is 8.84. The molecule has 2 fully saturated rings. The van der Waals surface area contributed by atoms with E-state index in [-0.39, 0.29) is 12.3 Å². The van der Waals surface area contributed by atoms with Crippen LogP contribution in [-0.2, 0) is 14.3 Å². The maximum Gasteiger partial charge on any atom is 0.323 e. The van der Waals surface area contributed by atoms with E-state index in [9.17, 15) is 19.6 Å². The number of urea groups is 1. The van der Waals surface area contributed by atoms with Gasteiger partial charge in [-0.3, -0.25) is 9.59 Å². The van der Waals surface area contributed by atoms with Gasteiger partial charge in [0.15, 0.2) is 0 Å². The summed E-state index contributed by atoms with van der Waals surface area (Å²) in [6.45, 7) is 4.34. The molecule has 35 heavy (non-hydrogen) atoms. The highest BCUT2D eigenvalue weighted by Crippen LogP contribution is 2.43. The van der Waals surface area contributed by atoms with Crippen LogP contribution in [0.5, 0.6) is 0 Å². The number of carbonyl (C=O) groups is 3. The number of nitriles is 1. The lowest BCUT2D eigenvalue weighted by atomic mass is 9.92. The summed E-state index contributed by atoms with van der Waals surface area (Å²) >= 11 is 0. The Morgan fingerprint density at radius 3 is 2.46 bits per heavy atom. The van der Waals surface area contributed by atoms with E-state index in [1.54, 1.807) is 35.2 Å². The Balaban J connectivity index is 1.74. The van der Waals surface area contributed by atoms with E-state index in [2.05, 4.69) is 16.7 Å². The number of carbonyl (C=O) groups excluding carboxylic acids is 3. The number of methoxy groups -OCH3 is 1. The van der Waals surface area contributed by atoms with Crippen LogP contribution in [0, 0.1) is 24.2 Å². The normalized spacial score (nSPS) is 21.8. The number of ether oxygens (including phenoxy) is 1. The number of aryl methyl sites for hydroxylation is 1. The highest BCUT2D eigenvalue weighted by molar-refractivity contribution is 5.96. The zero-order valence-corrected chi connectivity index (χ0v) is 19.9. The molecule has 2 aliphatic rings. The summed E-state index contributed by atoms with van der Waals surface area (Å²) in [5, 5.41) is 15.3. The maximum absolute atomic E-state index is 13.7. The van der Waals surface area contributed by atoms with Gasteiger partial charge in [-0.1, -0.05) is 24.3 Å². The third-order valence-electron chi connectivity index (χ3n) is 6.60. The Morgan fingerprint density at radius 1 is 1.11 bits per heavy atom. The lowest BCUT2D eigenvalue weighted by molar-refractivity contribution is -0.146. The molecule has 0 aliphatic carbocycles. The van der Waals surface area contributed by atoms with Crippen molar-refractivity contribution >= 4 is 23.6 Å². The second kappa shape index (κ2) is 10.6. The summed E-state index contributed by atoms with van der Waals surface area (Å²) in [4.78, 5) is 43.4. The van der Waals surface area contributed by atoms with Crippen LogP contribution in [0.25, 0.3) is 0 Å². The van der Waals surface area contributed by atoms with Crippen molar-refractivity contribution in [1.29, 1.82) is 5.26 Å². The van der Waals surface area contributed by atoms with Crippen LogP contribution in [0.4, 0.5) is 10.5 Å². The van der Waals surface area contributed by atoms with Gasteiger partial charge >= 0.3 is 12.0 Å². The smallest absolute Gasteiger partial charge is 0.323 e. The Labute approximate surface area is 204 Å². The van der Waals surface area contributed by atoms with E-state index in [0.29, 0.717) is 43.0 Å². The van der Waals surface area contributed by atoms with Crippen LogP contribution >= 0.6 is 0 Å². The third-order valence-corrected chi connectivity index (χ3v) is 6.60. The van der Waals surface area contributed by atoms with E-state index in [0.717, 1.165) is 5.56 Å². The van der Waals surface area contributed by atoms with Crippen molar-refractivity contribution in [2.24, 2.45) is 5.92 Å². The summed E-state index contributed by atoms with van der Waals surface area (Å²) in [6, 6.07) is 14.2. The average molecular weight is 476 g/mol. The molecule has 2 saturated heterocycles. The van der Waals surface area contributed by atoms with Crippen LogP contribution in [0.15, 0.2) is 48.5 Å². The first-order valence-electron chi connectivity index (χ1n) is 11.7. The minimum atomic E-state index is -0.831. The lowest BCUT2D eigenvalue weighted by Crippen LogP contribution is -2.54. The van der Waals surface area contributed by atoms with Crippen molar-refractivity contribution in [3.05, 3.63) is 65.2 Å². The highest BCUT2D eigenvalue weighted by Gasteiger charge is 2.52. The predicted molar refractivity (Wildman–Crippen MR) is 129 cm³/mol. The van der Waals surface area contributed by atoms with E-state index < -0.39 is 30.0 Å². The molecule has 2 heterocycles. The van der Waals surface area contributed by atoms with Gasteiger partial charge in [-0.2, -0.15) is 5.26 Å². The lowest BCUT2D eigenvalue weighted by Gasteiger charge is -2.35. The molecule has 3 amide bonds. The van der Waals surface area contributed by atoms with Crippen molar-refractivity contribution in [2.75, 3.05) is 38.6 Å². The Kier molecular flexibility index (Phi) is 7.32. The first-order valence-corrected chi connectivity index (χ1v) is 11.7. The quantitative estimate of drug-likeness (QED) is 0.657. The van der Waals surface area contributed by atoms with Gasteiger partial charge in [0.05, 0.1) is 30.7 Å². The molecule has 0 radical (unpaired) electrons. The molecule has 2 aromatic carbocycles. The van der Waals surface area contributed by atoms with Crippen LogP contribution < -0.4 is 10.6 Å². The van der Waals surface area contributed by atoms with E-state index in [1.165, 1.54) is 12.0 Å². The highest BCUT2D eigenvalue weighted by atomic mass is 16.5. The molecule has 4 rings (SSSR count). The number of esters is 1. The third kappa shape index (κ3) is 5.12. The minimum absolute atomic E-state index is 0.154. The minimum Gasteiger partial charge on any atom is -0.469 e. The molecule has 0 aromatic heterocycles. The maximum atomic E-state index is 13.7. The van der Waals surface area contributed by atoms with Crippen molar-refractivity contribution in [1.82, 2.24) is 15.1 Å². The van der Waals surface area contributed by atoms with Gasteiger partial charge < -0.3 is 25.2 Å². The summed E-state index contributed by atoms with van der Waals surface area (Å²) in [6.07, 6.45) is 0.154. The number of nitrogens with zero attached hydrogens (tertiary/aromatic N) is 3. The zero-order valence-electron chi connectivity index (χ0n) is 19.9. The molecule has 0 saturated carbocycles. The van der Waals surface area contributed by atoms with E-state index >= 15 is 0 Å². The van der Waals surface area contributed by atoms with Crippen molar-refractivity contribution in [3.63, 3.8) is 0 Å². The fraction of sp³-hybridized carbons (Fsp3) is 0.385. The zero-order chi connectivity index (χ0) is 24.9. The fourth-order valence-corrected chi connectivity index (χ4v) is 4.89. The monoisotopic (exact) mass is 475 g/mol. The SMILES string of the molecule is COC(=O)C1CC(C(=O)N2CCNCC2)N(C(=O)Nc2cccc(C)c2)C1c1ccc(C#N)cc1. The van der Waals surface area contributed by atoms with Crippen LogP contribution in [0.1, 0.15) is 29.2 Å². The summed E-state index contributed by atoms with van der Waals surface area (Å²) in [7, 11) is 1.31. The van der Waals surface area contributed by atoms with Gasteiger partial charge in [0.25, 0.3) is 0 Å². The second-order valence-corrected chi connectivity index (χ2v) is 8.84. The average Bonchev–Trinajstić information content (AvgIpc) is 3.29. The number of hydrogen-bond acceptors (Lipinski definition) is 6. The van der Waals surface area contributed by atoms with Gasteiger partial charge in [-0.15, -0.1) is 0 Å². The van der Waals surface area contributed by atoms with Gasteiger partial charge in [0.1, 0.15) is 6.04 Å². The summed E-state index contributed by atoms with van der Waals surface area (Å²) < 4.78 is 5.08. The molecule has 3 unspecified atom stereocenters.